The van der Waals surface area contributed by atoms with E-state index in [1.165, 1.54) is 22.9 Å². The number of thioether (sulfide) groups is 1. The highest BCUT2D eigenvalue weighted by Crippen LogP contribution is 2.53. The molecule has 1 saturated carbocycles. The minimum Gasteiger partial charge on any atom is -0.469 e. The van der Waals surface area contributed by atoms with Crippen LogP contribution in [0.3, 0.4) is 0 Å². The molecule has 2 aromatic heterocycles. The van der Waals surface area contributed by atoms with Crippen molar-refractivity contribution >= 4 is 67.4 Å². The van der Waals surface area contributed by atoms with Gasteiger partial charge in [-0.15, -0.1) is 11.3 Å². The molecule has 1 aliphatic carbocycles. The number of methoxy groups -OCH3 is 1. The fourth-order valence-corrected chi connectivity index (χ4v) is 8.25. The van der Waals surface area contributed by atoms with Gasteiger partial charge in [0, 0.05) is 16.4 Å². The van der Waals surface area contributed by atoms with Gasteiger partial charge in [-0.3, -0.25) is 4.79 Å². The van der Waals surface area contributed by atoms with Crippen molar-refractivity contribution in [3.8, 4) is 0 Å². The number of benzene rings is 2. The highest BCUT2D eigenvalue weighted by atomic mass is 79.9. The van der Waals surface area contributed by atoms with Crippen molar-refractivity contribution in [1.82, 2.24) is 4.98 Å². The van der Waals surface area contributed by atoms with Crippen LogP contribution in [0.5, 0.6) is 0 Å². The summed E-state index contributed by atoms with van der Waals surface area (Å²) in [6.45, 7) is 3.70. The van der Waals surface area contributed by atoms with Crippen molar-refractivity contribution < 1.29 is 14.6 Å². The molecule has 0 amide bonds. The number of nitrogens with zero attached hydrogens (tertiary/aromatic N) is 1. The number of halogens is 1. The molecule has 0 aliphatic heterocycles. The summed E-state index contributed by atoms with van der Waals surface area (Å²) in [5.41, 5.74) is 5.65. The number of fused-ring (bicyclic) bond motifs is 1. The third-order valence-electron chi connectivity index (χ3n) is 7.77. The number of aliphatic hydroxyl groups is 1. The largest absolute Gasteiger partial charge is 0.469 e. The summed E-state index contributed by atoms with van der Waals surface area (Å²) in [6, 6.07) is 21.1. The zero-order chi connectivity index (χ0) is 29.0. The predicted molar refractivity (Wildman–Crippen MR) is 176 cm³/mol. The molecule has 5 rings (SSSR count). The molecule has 0 bridgehead atoms. The van der Waals surface area contributed by atoms with E-state index in [0.717, 1.165) is 58.2 Å². The van der Waals surface area contributed by atoms with Gasteiger partial charge in [0.2, 0.25) is 0 Å². The zero-order valence-electron chi connectivity index (χ0n) is 23.7. The van der Waals surface area contributed by atoms with Crippen molar-refractivity contribution in [2.24, 2.45) is 5.41 Å². The molecule has 2 heterocycles. The Bertz CT molecular complexity index is 1550. The Morgan fingerprint density at radius 1 is 1.17 bits per heavy atom. The first-order chi connectivity index (χ1) is 19.7. The van der Waals surface area contributed by atoms with Crippen LogP contribution < -0.4 is 0 Å². The quantitative estimate of drug-likeness (QED) is 0.155. The Morgan fingerprint density at radius 2 is 1.98 bits per heavy atom. The number of carbonyl (C=O) groups excluding carboxylic acids is 1. The zero-order valence-corrected chi connectivity index (χ0v) is 26.9. The first kappa shape index (κ1) is 30.0. The van der Waals surface area contributed by atoms with Crippen LogP contribution in [0.2, 0.25) is 0 Å². The SMILES string of the molecule is COC(=O)CC1(CS[C@H](CCc2ccccc2C(C)(C)O)c2cccc(C=Cc3ccc4scc(Br)c4n3)c2)CC1. The molecule has 2 aromatic carbocycles. The Balaban J connectivity index is 1.37. The number of aryl methyl sites for hydroxylation is 1. The Kier molecular flexibility index (Phi) is 9.39. The lowest BCUT2D eigenvalue weighted by atomic mass is 9.90. The third-order valence-corrected chi connectivity index (χ3v) is 11.3. The van der Waals surface area contributed by atoms with E-state index in [9.17, 15) is 9.90 Å². The summed E-state index contributed by atoms with van der Waals surface area (Å²) in [5.74, 6) is 0.812. The maximum absolute atomic E-state index is 12.1. The molecule has 1 N–H and O–H groups in total. The lowest BCUT2D eigenvalue weighted by Crippen LogP contribution is -2.18. The maximum atomic E-state index is 12.1. The van der Waals surface area contributed by atoms with Crippen LogP contribution in [-0.2, 0) is 21.6 Å². The molecule has 0 radical (unpaired) electrons. The van der Waals surface area contributed by atoms with Crippen LogP contribution >= 0.6 is 39.0 Å². The predicted octanol–water partition coefficient (Wildman–Crippen LogP) is 9.21. The highest BCUT2D eigenvalue weighted by molar-refractivity contribution is 9.10. The Morgan fingerprint density at radius 3 is 2.73 bits per heavy atom. The second kappa shape index (κ2) is 12.8. The van der Waals surface area contributed by atoms with E-state index in [-0.39, 0.29) is 16.6 Å². The molecule has 41 heavy (non-hydrogen) atoms. The van der Waals surface area contributed by atoms with Gasteiger partial charge in [-0.05, 0) is 101 Å². The molecule has 4 aromatic rings. The number of rotatable bonds is 12. The molecule has 7 heteroatoms. The van der Waals surface area contributed by atoms with E-state index in [1.807, 2.05) is 43.8 Å². The number of hydrogen-bond donors (Lipinski definition) is 1. The van der Waals surface area contributed by atoms with Crippen LogP contribution in [-0.4, -0.2) is 28.9 Å². The molecule has 4 nitrogen and oxygen atoms in total. The molecule has 0 saturated heterocycles. The monoisotopic (exact) mass is 649 g/mol. The summed E-state index contributed by atoms with van der Waals surface area (Å²) in [6.07, 6.45) is 8.63. The van der Waals surface area contributed by atoms with Gasteiger partial charge in [0.15, 0.2) is 0 Å². The molecule has 0 unspecified atom stereocenters. The molecule has 1 fully saturated rings. The molecule has 1 atom stereocenters. The van der Waals surface area contributed by atoms with Gasteiger partial charge in [-0.25, -0.2) is 4.98 Å². The van der Waals surface area contributed by atoms with Gasteiger partial charge in [-0.1, -0.05) is 54.6 Å². The van der Waals surface area contributed by atoms with E-state index >= 15 is 0 Å². The summed E-state index contributed by atoms with van der Waals surface area (Å²) >= 11 is 7.23. The van der Waals surface area contributed by atoms with Crippen LogP contribution in [0.25, 0.3) is 22.4 Å². The average molecular weight is 651 g/mol. The fourth-order valence-electron chi connectivity index (χ4n) is 5.21. The van der Waals surface area contributed by atoms with E-state index in [4.69, 9.17) is 9.72 Å². The number of carbonyl (C=O) groups is 1. The van der Waals surface area contributed by atoms with Crippen LogP contribution in [0.4, 0.5) is 0 Å². The summed E-state index contributed by atoms with van der Waals surface area (Å²) in [4.78, 5) is 16.9. The molecule has 214 valence electrons. The van der Waals surface area contributed by atoms with Crippen LogP contribution in [0, 0.1) is 5.41 Å². The van der Waals surface area contributed by atoms with E-state index in [0.29, 0.717) is 6.42 Å². The minimum absolute atomic E-state index is 0.0543. The molecule has 0 spiro atoms. The van der Waals surface area contributed by atoms with Crippen molar-refractivity contribution in [2.75, 3.05) is 12.9 Å². The van der Waals surface area contributed by atoms with Crippen molar-refractivity contribution in [2.45, 2.75) is 56.8 Å². The van der Waals surface area contributed by atoms with Gasteiger partial charge in [-0.2, -0.15) is 11.8 Å². The van der Waals surface area contributed by atoms with E-state index in [2.05, 4.69) is 75.9 Å². The number of hydrogen-bond acceptors (Lipinski definition) is 6. The second-order valence-corrected chi connectivity index (χ2v) is 14.4. The van der Waals surface area contributed by atoms with E-state index in [1.54, 1.807) is 11.3 Å². The Hall–Kier alpha value is -2.45. The lowest BCUT2D eigenvalue weighted by molar-refractivity contribution is -0.141. The van der Waals surface area contributed by atoms with Gasteiger partial charge < -0.3 is 9.84 Å². The third kappa shape index (κ3) is 7.69. The second-order valence-electron chi connectivity index (χ2n) is 11.5. The summed E-state index contributed by atoms with van der Waals surface area (Å²) in [5, 5.41) is 13.1. The number of thiophene rings is 1. The average Bonchev–Trinajstić information content (AvgIpc) is 3.63. The van der Waals surface area contributed by atoms with Crippen LogP contribution in [0.1, 0.15) is 72.7 Å². The first-order valence-corrected chi connectivity index (χ1v) is 16.7. The minimum atomic E-state index is -0.891. The van der Waals surface area contributed by atoms with Crippen molar-refractivity contribution in [1.29, 1.82) is 0 Å². The van der Waals surface area contributed by atoms with E-state index < -0.39 is 5.60 Å². The maximum Gasteiger partial charge on any atom is 0.306 e. The van der Waals surface area contributed by atoms with Gasteiger partial charge in [0.05, 0.1) is 39.5 Å². The number of pyridine rings is 1. The van der Waals surface area contributed by atoms with Gasteiger partial charge >= 0.3 is 5.97 Å². The summed E-state index contributed by atoms with van der Waals surface area (Å²) < 4.78 is 7.18. The molecular formula is C34H36BrNO3S2. The van der Waals surface area contributed by atoms with Crippen LogP contribution in [0.15, 0.2) is 70.5 Å². The number of esters is 1. The van der Waals surface area contributed by atoms with Gasteiger partial charge in [0.25, 0.3) is 0 Å². The lowest BCUT2D eigenvalue weighted by Gasteiger charge is -2.24. The topological polar surface area (TPSA) is 59.4 Å². The smallest absolute Gasteiger partial charge is 0.306 e. The molecular weight excluding hydrogens is 614 g/mol. The highest BCUT2D eigenvalue weighted by Gasteiger charge is 2.45. The molecule has 1 aliphatic rings. The number of aromatic nitrogens is 1. The Labute approximate surface area is 259 Å². The fraction of sp³-hybridized carbons (Fsp3) is 0.353. The van der Waals surface area contributed by atoms with Gasteiger partial charge in [0.1, 0.15) is 0 Å². The number of ether oxygens (including phenoxy) is 1. The van der Waals surface area contributed by atoms with Crippen molar-refractivity contribution in [3.05, 3.63) is 98.5 Å². The summed E-state index contributed by atoms with van der Waals surface area (Å²) in [7, 11) is 1.47. The first-order valence-electron chi connectivity index (χ1n) is 14.0. The normalized spacial score (nSPS) is 15.3. The standard InChI is InChI=1S/C34H36BrNO3S2/c1-33(2,38)27-10-5-4-8-24(27)12-15-29(41-22-34(17-18-34)20-31(37)39-3)25-9-6-7-23(19-25)11-13-26-14-16-30-32(36-26)28(35)21-40-30/h4-11,13-14,16,19,21,29,38H,12,15,17-18,20,22H2,1-3H3/t29-/m1/s1. The van der Waals surface area contributed by atoms with Crippen molar-refractivity contribution in [3.63, 3.8) is 0 Å².